The highest BCUT2D eigenvalue weighted by Crippen LogP contribution is 2.21. The van der Waals surface area contributed by atoms with Gasteiger partial charge in [-0.1, -0.05) is 27.7 Å². The summed E-state index contributed by atoms with van der Waals surface area (Å²) in [4.78, 5) is 0. The van der Waals surface area contributed by atoms with Crippen LogP contribution in [0.2, 0.25) is 0 Å². The van der Waals surface area contributed by atoms with Crippen molar-refractivity contribution in [2.75, 3.05) is 0 Å². The molecule has 0 aromatic heterocycles. The maximum Gasteiger partial charge on any atom is 0.105 e. The highest BCUT2D eigenvalue weighted by atomic mass is 16.3. The van der Waals surface area contributed by atoms with E-state index < -0.39 is 6.23 Å². The summed E-state index contributed by atoms with van der Waals surface area (Å²) in [5, 5.41) is 9.29. The molecule has 0 aromatic carbocycles. The molecule has 0 heterocycles. The summed E-state index contributed by atoms with van der Waals surface area (Å²) in [6.07, 6.45) is 1.40. The van der Waals surface area contributed by atoms with Gasteiger partial charge in [-0.05, 0) is 30.6 Å². The monoisotopic (exact) mass is 173 g/mol. The second-order valence-corrected chi connectivity index (χ2v) is 4.51. The first-order valence-corrected chi connectivity index (χ1v) is 4.87. The van der Waals surface area contributed by atoms with Crippen molar-refractivity contribution in [2.24, 2.45) is 23.5 Å². The molecule has 0 fully saturated rings. The minimum atomic E-state index is -0.644. The SMILES string of the molecule is CC(C)CC(CC(C)C)C(N)O. The Hall–Kier alpha value is -0.0800. The first kappa shape index (κ1) is 11.9. The fourth-order valence-electron chi connectivity index (χ4n) is 1.59. The normalized spacial score (nSPS) is 14.8. The largest absolute Gasteiger partial charge is 0.379 e. The van der Waals surface area contributed by atoms with E-state index in [9.17, 15) is 5.11 Å². The minimum absolute atomic E-state index is 0.269. The summed E-state index contributed by atoms with van der Waals surface area (Å²) in [5.74, 6) is 1.50. The fraction of sp³-hybridized carbons (Fsp3) is 1.00. The smallest absolute Gasteiger partial charge is 0.105 e. The van der Waals surface area contributed by atoms with Gasteiger partial charge < -0.3 is 10.8 Å². The summed E-state index contributed by atoms with van der Waals surface area (Å²) < 4.78 is 0. The van der Waals surface area contributed by atoms with E-state index >= 15 is 0 Å². The van der Waals surface area contributed by atoms with Crippen LogP contribution in [0, 0.1) is 17.8 Å². The maximum absolute atomic E-state index is 9.29. The Bertz CT molecular complexity index is 100. The third-order valence-electron chi connectivity index (χ3n) is 2.03. The van der Waals surface area contributed by atoms with Crippen LogP contribution in [0.25, 0.3) is 0 Å². The third-order valence-corrected chi connectivity index (χ3v) is 2.03. The van der Waals surface area contributed by atoms with E-state index in [1.165, 1.54) is 0 Å². The van der Waals surface area contributed by atoms with Gasteiger partial charge in [0, 0.05) is 0 Å². The van der Waals surface area contributed by atoms with Crippen molar-refractivity contribution < 1.29 is 5.11 Å². The van der Waals surface area contributed by atoms with Gasteiger partial charge in [0.1, 0.15) is 6.23 Å². The number of nitrogens with two attached hydrogens (primary N) is 1. The summed E-state index contributed by atoms with van der Waals surface area (Å²) in [5.41, 5.74) is 5.49. The predicted molar refractivity (Wildman–Crippen MR) is 52.6 cm³/mol. The van der Waals surface area contributed by atoms with Gasteiger partial charge in [-0.2, -0.15) is 0 Å². The van der Waals surface area contributed by atoms with Crippen LogP contribution in [0.4, 0.5) is 0 Å². The Labute approximate surface area is 76.2 Å². The molecular formula is C10H23NO. The van der Waals surface area contributed by atoms with Gasteiger partial charge in [-0.15, -0.1) is 0 Å². The molecule has 1 unspecified atom stereocenters. The molecule has 74 valence electrons. The maximum atomic E-state index is 9.29. The third kappa shape index (κ3) is 5.56. The zero-order valence-electron chi connectivity index (χ0n) is 8.75. The first-order valence-electron chi connectivity index (χ1n) is 4.87. The highest BCUT2D eigenvalue weighted by molar-refractivity contribution is 4.67. The van der Waals surface area contributed by atoms with Crippen molar-refractivity contribution in [3.05, 3.63) is 0 Å². The van der Waals surface area contributed by atoms with E-state index in [1.54, 1.807) is 0 Å². The van der Waals surface area contributed by atoms with Crippen LogP contribution < -0.4 is 5.73 Å². The van der Waals surface area contributed by atoms with Gasteiger partial charge in [-0.25, -0.2) is 0 Å². The van der Waals surface area contributed by atoms with Crippen molar-refractivity contribution in [1.82, 2.24) is 0 Å². The standard InChI is InChI=1S/C10H23NO/c1-7(2)5-9(10(11)12)6-8(3)4/h7-10,12H,5-6,11H2,1-4H3. The minimum Gasteiger partial charge on any atom is -0.379 e. The number of rotatable bonds is 5. The molecule has 0 radical (unpaired) electrons. The summed E-state index contributed by atoms with van der Waals surface area (Å²) in [6.45, 7) is 8.65. The van der Waals surface area contributed by atoms with E-state index in [4.69, 9.17) is 5.73 Å². The average molecular weight is 173 g/mol. The molecule has 2 heteroatoms. The lowest BCUT2D eigenvalue weighted by atomic mass is 9.88. The Morgan fingerprint density at radius 3 is 1.50 bits per heavy atom. The van der Waals surface area contributed by atoms with Crippen LogP contribution in [-0.2, 0) is 0 Å². The van der Waals surface area contributed by atoms with Crippen molar-refractivity contribution in [1.29, 1.82) is 0 Å². The Balaban J connectivity index is 3.87. The molecule has 0 aliphatic carbocycles. The lowest BCUT2D eigenvalue weighted by molar-refractivity contribution is 0.0877. The van der Waals surface area contributed by atoms with Crippen LogP contribution in [0.3, 0.4) is 0 Å². The first-order chi connectivity index (χ1) is 5.43. The molecule has 0 aliphatic heterocycles. The lowest BCUT2D eigenvalue weighted by Crippen LogP contribution is -2.31. The molecule has 0 aliphatic rings. The number of aliphatic hydroxyl groups excluding tert-OH is 1. The van der Waals surface area contributed by atoms with Crippen LogP contribution in [0.1, 0.15) is 40.5 Å². The Morgan fingerprint density at radius 1 is 1.00 bits per heavy atom. The van der Waals surface area contributed by atoms with Crippen molar-refractivity contribution >= 4 is 0 Å². The Morgan fingerprint density at radius 2 is 1.33 bits per heavy atom. The number of aliphatic hydroxyl groups is 1. The molecule has 0 rings (SSSR count). The van der Waals surface area contributed by atoms with Crippen LogP contribution in [0.15, 0.2) is 0 Å². The second-order valence-electron chi connectivity index (χ2n) is 4.51. The second kappa shape index (κ2) is 5.55. The van der Waals surface area contributed by atoms with Gasteiger partial charge in [0.2, 0.25) is 0 Å². The molecule has 12 heavy (non-hydrogen) atoms. The van der Waals surface area contributed by atoms with Gasteiger partial charge in [-0.3, -0.25) is 0 Å². The molecule has 0 saturated heterocycles. The van der Waals surface area contributed by atoms with Gasteiger partial charge in [0.05, 0.1) is 0 Å². The Kier molecular flexibility index (Phi) is 5.51. The molecule has 0 saturated carbocycles. The van der Waals surface area contributed by atoms with E-state index in [0.29, 0.717) is 11.8 Å². The molecular weight excluding hydrogens is 150 g/mol. The average Bonchev–Trinajstić information content (AvgIpc) is 1.83. The number of hydrogen-bond donors (Lipinski definition) is 2. The summed E-state index contributed by atoms with van der Waals surface area (Å²) >= 11 is 0. The zero-order valence-corrected chi connectivity index (χ0v) is 8.75. The molecule has 0 amide bonds. The molecule has 0 aromatic rings. The molecule has 3 N–H and O–H groups in total. The summed E-state index contributed by atoms with van der Waals surface area (Å²) in [6, 6.07) is 0. The van der Waals surface area contributed by atoms with Crippen LogP contribution in [-0.4, -0.2) is 11.3 Å². The van der Waals surface area contributed by atoms with E-state index in [0.717, 1.165) is 12.8 Å². The van der Waals surface area contributed by atoms with Gasteiger partial charge in [0.25, 0.3) is 0 Å². The molecule has 0 bridgehead atoms. The van der Waals surface area contributed by atoms with Gasteiger partial charge >= 0.3 is 0 Å². The van der Waals surface area contributed by atoms with Crippen molar-refractivity contribution in [3.8, 4) is 0 Å². The van der Waals surface area contributed by atoms with E-state index in [2.05, 4.69) is 27.7 Å². The lowest BCUT2D eigenvalue weighted by Gasteiger charge is -2.23. The molecule has 2 nitrogen and oxygen atoms in total. The van der Waals surface area contributed by atoms with E-state index in [1.807, 2.05) is 0 Å². The highest BCUT2D eigenvalue weighted by Gasteiger charge is 2.17. The van der Waals surface area contributed by atoms with Crippen LogP contribution in [0.5, 0.6) is 0 Å². The fourth-order valence-corrected chi connectivity index (χ4v) is 1.59. The van der Waals surface area contributed by atoms with Crippen molar-refractivity contribution in [3.63, 3.8) is 0 Å². The topological polar surface area (TPSA) is 46.2 Å². The molecule has 1 atom stereocenters. The quantitative estimate of drug-likeness (QED) is 0.624. The predicted octanol–water partition coefficient (Wildman–Crippen LogP) is 1.97. The van der Waals surface area contributed by atoms with Crippen LogP contribution >= 0.6 is 0 Å². The van der Waals surface area contributed by atoms with E-state index in [-0.39, 0.29) is 5.92 Å². The van der Waals surface area contributed by atoms with Gasteiger partial charge in [0.15, 0.2) is 0 Å². The summed E-state index contributed by atoms with van der Waals surface area (Å²) in [7, 11) is 0. The van der Waals surface area contributed by atoms with Crippen molar-refractivity contribution in [2.45, 2.75) is 46.8 Å². The zero-order chi connectivity index (χ0) is 9.72. The number of hydrogen-bond acceptors (Lipinski definition) is 2. The molecule has 0 spiro atoms.